The van der Waals surface area contributed by atoms with Gasteiger partial charge in [0.1, 0.15) is 0 Å². The van der Waals surface area contributed by atoms with Crippen LogP contribution in [0.5, 0.6) is 0 Å². The number of nitrogens with zero attached hydrogens (tertiary/aromatic N) is 3. The first-order chi connectivity index (χ1) is 13.2. The second-order valence-electron chi connectivity index (χ2n) is 6.78. The molecular formula is C21H20N4O2. The topological polar surface area (TPSA) is 76.4 Å². The van der Waals surface area contributed by atoms with Gasteiger partial charge in [0.15, 0.2) is 5.78 Å². The first kappa shape index (κ1) is 17.4. The molecular weight excluding hydrogens is 340 g/mol. The minimum absolute atomic E-state index is 0.0532. The lowest BCUT2D eigenvalue weighted by Crippen LogP contribution is -2.56. The number of hydrazine groups is 1. The molecule has 2 heterocycles. The van der Waals surface area contributed by atoms with Crippen molar-refractivity contribution in [3.05, 3.63) is 65.2 Å². The number of para-hydroxylation sites is 1. The number of Topliss-reactive ketones (excluding diaryl/α,β-unsaturated/α-hetero) is 1. The van der Waals surface area contributed by atoms with Crippen LogP contribution in [0.2, 0.25) is 0 Å². The zero-order valence-corrected chi connectivity index (χ0v) is 14.9. The average molecular weight is 360 g/mol. The van der Waals surface area contributed by atoms with E-state index in [1.165, 1.54) is 0 Å². The summed E-state index contributed by atoms with van der Waals surface area (Å²) < 4.78 is 0. The van der Waals surface area contributed by atoms with E-state index in [0.29, 0.717) is 11.1 Å². The van der Waals surface area contributed by atoms with E-state index in [1.54, 1.807) is 29.3 Å². The molecule has 0 bridgehead atoms. The third-order valence-electron chi connectivity index (χ3n) is 5.15. The minimum Gasteiger partial charge on any atom is -0.314 e. The lowest BCUT2D eigenvalue weighted by molar-refractivity contribution is -0.122. The van der Waals surface area contributed by atoms with E-state index in [0.717, 1.165) is 37.4 Å². The Hall–Kier alpha value is -3.01. The largest absolute Gasteiger partial charge is 0.314 e. The van der Waals surface area contributed by atoms with Crippen LogP contribution in [0.15, 0.2) is 48.5 Å². The molecule has 1 atom stereocenters. The van der Waals surface area contributed by atoms with Gasteiger partial charge in [-0.25, -0.2) is 10.0 Å². The predicted octanol–water partition coefficient (Wildman–Crippen LogP) is 2.08. The number of amides is 1. The molecule has 0 radical (unpaired) electrons. The van der Waals surface area contributed by atoms with Crippen LogP contribution in [-0.4, -0.2) is 42.9 Å². The number of benzene rings is 2. The molecule has 6 heteroatoms. The predicted molar refractivity (Wildman–Crippen MR) is 101 cm³/mol. The van der Waals surface area contributed by atoms with Crippen LogP contribution in [0.25, 0.3) is 0 Å². The van der Waals surface area contributed by atoms with E-state index in [9.17, 15) is 9.59 Å². The molecule has 0 aliphatic carbocycles. The van der Waals surface area contributed by atoms with Crippen molar-refractivity contribution >= 4 is 17.4 Å². The smallest absolute Gasteiger partial charge is 0.242 e. The Morgan fingerprint density at radius 3 is 2.48 bits per heavy atom. The number of ketones is 1. The Balaban J connectivity index is 1.69. The molecule has 4 rings (SSSR count). The van der Waals surface area contributed by atoms with E-state index in [-0.39, 0.29) is 18.1 Å². The summed E-state index contributed by atoms with van der Waals surface area (Å²) in [5.41, 5.74) is 2.71. The van der Waals surface area contributed by atoms with Crippen molar-refractivity contribution in [3.63, 3.8) is 0 Å². The first-order valence-electron chi connectivity index (χ1n) is 9.11. The molecule has 1 saturated heterocycles. The quantitative estimate of drug-likeness (QED) is 0.848. The number of carbonyl (C=O) groups is 2. The number of piperazine rings is 1. The van der Waals surface area contributed by atoms with Crippen LogP contribution in [0.1, 0.15) is 33.8 Å². The highest BCUT2D eigenvalue weighted by atomic mass is 16.2. The second-order valence-corrected chi connectivity index (χ2v) is 6.78. The number of rotatable bonds is 3. The van der Waals surface area contributed by atoms with Gasteiger partial charge in [-0.2, -0.15) is 5.26 Å². The molecule has 2 aromatic rings. The second kappa shape index (κ2) is 7.31. The standard InChI is InChI=1S/C21H20N4O2/c22-14-15-5-7-16(8-6-15)21(27)18-13-20(26)25(24-11-9-23-10-12-24)19-4-2-1-3-17(18)19/h1-8,18,23H,9-13H2. The van der Waals surface area contributed by atoms with Crippen molar-refractivity contribution in [3.8, 4) is 6.07 Å². The third-order valence-corrected chi connectivity index (χ3v) is 5.15. The van der Waals surface area contributed by atoms with Crippen molar-refractivity contribution in [2.75, 3.05) is 31.2 Å². The number of hydrogen-bond donors (Lipinski definition) is 1. The monoisotopic (exact) mass is 360 g/mol. The Bertz CT molecular complexity index is 911. The van der Waals surface area contributed by atoms with Crippen LogP contribution in [0.3, 0.4) is 0 Å². The van der Waals surface area contributed by atoms with Gasteiger partial charge in [0.2, 0.25) is 5.91 Å². The molecule has 2 aliphatic heterocycles. The molecule has 0 saturated carbocycles. The number of fused-ring (bicyclic) bond motifs is 1. The molecule has 27 heavy (non-hydrogen) atoms. The average Bonchev–Trinajstić information content (AvgIpc) is 2.73. The van der Waals surface area contributed by atoms with E-state index in [2.05, 4.69) is 16.4 Å². The number of nitrogens with one attached hydrogen (secondary N) is 1. The minimum atomic E-state index is -0.499. The molecule has 1 amide bonds. The van der Waals surface area contributed by atoms with Crippen molar-refractivity contribution in [2.45, 2.75) is 12.3 Å². The Morgan fingerprint density at radius 1 is 1.07 bits per heavy atom. The number of carbonyl (C=O) groups excluding carboxylic acids is 2. The van der Waals surface area contributed by atoms with Crippen LogP contribution >= 0.6 is 0 Å². The van der Waals surface area contributed by atoms with E-state index < -0.39 is 5.92 Å². The molecule has 2 aromatic carbocycles. The Labute approximate surface area is 158 Å². The maximum atomic E-state index is 13.1. The normalized spacial score (nSPS) is 20.0. The lowest BCUT2D eigenvalue weighted by atomic mass is 9.84. The highest BCUT2D eigenvalue weighted by molar-refractivity contribution is 6.08. The highest BCUT2D eigenvalue weighted by Gasteiger charge is 2.38. The van der Waals surface area contributed by atoms with Crippen LogP contribution in [-0.2, 0) is 4.79 Å². The SMILES string of the molecule is N#Cc1ccc(C(=O)C2CC(=O)N(N3CCNCC3)c3ccccc32)cc1. The summed E-state index contributed by atoms with van der Waals surface area (Å²) in [7, 11) is 0. The molecule has 1 N–H and O–H groups in total. The fourth-order valence-corrected chi connectivity index (χ4v) is 3.79. The zero-order chi connectivity index (χ0) is 18.8. The Kier molecular flexibility index (Phi) is 4.71. The maximum Gasteiger partial charge on any atom is 0.242 e. The zero-order valence-electron chi connectivity index (χ0n) is 14.9. The van der Waals surface area contributed by atoms with E-state index >= 15 is 0 Å². The molecule has 0 spiro atoms. The molecule has 2 aliphatic rings. The van der Waals surface area contributed by atoms with Gasteiger partial charge in [-0.05, 0) is 23.8 Å². The summed E-state index contributed by atoms with van der Waals surface area (Å²) in [6.07, 6.45) is 0.153. The highest BCUT2D eigenvalue weighted by Crippen LogP contribution is 2.38. The summed E-state index contributed by atoms with van der Waals surface area (Å²) in [6.45, 7) is 3.18. The fraction of sp³-hybridized carbons (Fsp3) is 0.286. The summed E-state index contributed by atoms with van der Waals surface area (Å²) in [5, 5.41) is 16.0. The van der Waals surface area contributed by atoms with Gasteiger partial charge in [0.25, 0.3) is 0 Å². The van der Waals surface area contributed by atoms with Gasteiger partial charge in [-0.3, -0.25) is 9.59 Å². The van der Waals surface area contributed by atoms with Crippen molar-refractivity contribution < 1.29 is 9.59 Å². The molecule has 1 fully saturated rings. The summed E-state index contributed by atoms with van der Waals surface area (Å²) >= 11 is 0. The van der Waals surface area contributed by atoms with Crippen molar-refractivity contribution in [1.82, 2.24) is 10.3 Å². The summed E-state index contributed by atoms with van der Waals surface area (Å²) in [4.78, 5) is 26.1. The van der Waals surface area contributed by atoms with Crippen LogP contribution in [0, 0.1) is 11.3 Å². The van der Waals surface area contributed by atoms with Gasteiger partial charge in [-0.1, -0.05) is 30.3 Å². The molecule has 136 valence electrons. The number of hydrogen-bond acceptors (Lipinski definition) is 5. The maximum absolute atomic E-state index is 13.1. The summed E-state index contributed by atoms with van der Waals surface area (Å²) in [6, 6.07) is 16.3. The number of anilines is 1. The van der Waals surface area contributed by atoms with Gasteiger partial charge < -0.3 is 5.32 Å². The lowest BCUT2D eigenvalue weighted by Gasteiger charge is -2.42. The van der Waals surface area contributed by atoms with Gasteiger partial charge in [-0.15, -0.1) is 0 Å². The molecule has 0 aromatic heterocycles. The summed E-state index contributed by atoms with van der Waals surface area (Å²) in [5.74, 6) is -0.636. The van der Waals surface area contributed by atoms with E-state index in [4.69, 9.17) is 5.26 Å². The number of nitriles is 1. The van der Waals surface area contributed by atoms with E-state index in [1.807, 2.05) is 24.3 Å². The Morgan fingerprint density at radius 2 is 1.78 bits per heavy atom. The van der Waals surface area contributed by atoms with Crippen LogP contribution in [0.4, 0.5) is 5.69 Å². The third kappa shape index (κ3) is 3.23. The fourth-order valence-electron chi connectivity index (χ4n) is 3.79. The van der Waals surface area contributed by atoms with Gasteiger partial charge in [0.05, 0.1) is 23.2 Å². The van der Waals surface area contributed by atoms with Gasteiger partial charge in [0, 0.05) is 38.2 Å². The van der Waals surface area contributed by atoms with Crippen molar-refractivity contribution in [2.24, 2.45) is 0 Å². The molecule has 6 nitrogen and oxygen atoms in total. The van der Waals surface area contributed by atoms with Crippen LogP contribution < -0.4 is 10.3 Å². The van der Waals surface area contributed by atoms with Crippen molar-refractivity contribution in [1.29, 1.82) is 5.26 Å². The molecule has 1 unspecified atom stereocenters. The van der Waals surface area contributed by atoms with Gasteiger partial charge >= 0.3 is 0 Å². The first-order valence-corrected chi connectivity index (χ1v) is 9.11.